The molecular formula is C21H30F3NO6. The van der Waals surface area contributed by atoms with E-state index in [1.54, 1.807) is 21.3 Å². The predicted molar refractivity (Wildman–Crippen MR) is 106 cm³/mol. The first-order chi connectivity index (χ1) is 14.6. The van der Waals surface area contributed by atoms with Crippen molar-refractivity contribution in [1.29, 1.82) is 0 Å². The number of nitrogens with zero attached hydrogens (tertiary/aromatic N) is 1. The Bertz CT molecular complexity index is 703. The van der Waals surface area contributed by atoms with Gasteiger partial charge >= 0.3 is 12.1 Å². The van der Waals surface area contributed by atoms with Crippen LogP contribution in [0.1, 0.15) is 24.8 Å². The third-order valence-corrected chi connectivity index (χ3v) is 5.56. The van der Waals surface area contributed by atoms with Gasteiger partial charge in [0.2, 0.25) is 0 Å². The second-order valence-corrected chi connectivity index (χ2v) is 7.78. The monoisotopic (exact) mass is 449 g/mol. The van der Waals surface area contributed by atoms with Gasteiger partial charge in [-0.05, 0) is 37.0 Å². The number of likely N-dealkylation sites (tertiary alicyclic amines) is 1. The summed E-state index contributed by atoms with van der Waals surface area (Å²) in [5, 5.41) is 7.12. The second kappa shape index (κ2) is 11.0. The van der Waals surface area contributed by atoms with Crippen molar-refractivity contribution in [3.8, 4) is 11.5 Å². The first kappa shape index (κ1) is 25.2. The number of halogens is 3. The zero-order chi connectivity index (χ0) is 23.1. The first-order valence-electron chi connectivity index (χ1n) is 9.98. The van der Waals surface area contributed by atoms with Gasteiger partial charge in [0.25, 0.3) is 0 Å². The molecule has 2 unspecified atom stereocenters. The van der Waals surface area contributed by atoms with Crippen molar-refractivity contribution in [3.63, 3.8) is 0 Å². The Balaban J connectivity index is 0.000000423. The number of hydrogen-bond acceptors (Lipinski definition) is 6. The standard InChI is InChI=1S/C19H29NO4.C2HF3O2/c1-21-14-19-6-4-8-24-18(19)5-7-20(13-19)12-15-9-16(22-2)11-17(10-15)23-3;3-2(4,5)1(6)7/h9-11,18H,4-8,12-14H2,1-3H3;(H,6,7). The molecule has 0 saturated carbocycles. The number of fused-ring (bicyclic) bond motifs is 1. The van der Waals surface area contributed by atoms with Crippen molar-refractivity contribution in [2.24, 2.45) is 5.41 Å². The zero-order valence-corrected chi connectivity index (χ0v) is 18.0. The average molecular weight is 449 g/mol. The first-order valence-corrected chi connectivity index (χ1v) is 9.98. The summed E-state index contributed by atoms with van der Waals surface area (Å²) in [6.45, 7) is 4.63. The Morgan fingerprint density at radius 1 is 1.23 bits per heavy atom. The van der Waals surface area contributed by atoms with Crippen molar-refractivity contribution in [2.45, 2.75) is 38.1 Å². The van der Waals surface area contributed by atoms with E-state index in [-0.39, 0.29) is 5.41 Å². The fourth-order valence-corrected chi connectivity index (χ4v) is 4.23. The molecule has 2 aliphatic rings. The molecule has 0 aromatic heterocycles. The van der Waals surface area contributed by atoms with Crippen LogP contribution in [-0.4, -0.2) is 75.9 Å². The maximum Gasteiger partial charge on any atom is 0.490 e. The SMILES string of the molecule is COCC12CCCOC1CCN(Cc1cc(OC)cc(OC)c1)C2.O=C(O)C(F)(F)F. The Kier molecular flexibility index (Phi) is 8.96. The van der Waals surface area contributed by atoms with E-state index in [9.17, 15) is 13.2 Å². The maximum absolute atomic E-state index is 10.6. The molecule has 176 valence electrons. The maximum atomic E-state index is 10.6. The number of aliphatic carboxylic acids is 1. The third kappa shape index (κ3) is 6.98. The van der Waals surface area contributed by atoms with E-state index in [4.69, 9.17) is 28.8 Å². The van der Waals surface area contributed by atoms with Gasteiger partial charge in [-0.3, -0.25) is 4.90 Å². The number of alkyl halides is 3. The van der Waals surface area contributed by atoms with E-state index in [1.165, 1.54) is 12.0 Å². The van der Waals surface area contributed by atoms with Gasteiger partial charge in [0.05, 0.1) is 26.9 Å². The summed E-state index contributed by atoms with van der Waals surface area (Å²) >= 11 is 0. The quantitative estimate of drug-likeness (QED) is 0.714. The van der Waals surface area contributed by atoms with Crippen LogP contribution in [0.2, 0.25) is 0 Å². The molecule has 2 atom stereocenters. The fraction of sp³-hybridized carbons (Fsp3) is 0.667. The molecule has 7 nitrogen and oxygen atoms in total. The number of carboxylic acid groups (broad SMARTS) is 1. The molecule has 0 spiro atoms. The molecular weight excluding hydrogens is 419 g/mol. The minimum absolute atomic E-state index is 0.133. The highest BCUT2D eigenvalue weighted by atomic mass is 19.4. The van der Waals surface area contributed by atoms with E-state index in [2.05, 4.69) is 17.0 Å². The Hall–Kier alpha value is -2.04. The Labute approximate surface area is 180 Å². The lowest BCUT2D eigenvalue weighted by Crippen LogP contribution is -2.56. The van der Waals surface area contributed by atoms with Crippen molar-refractivity contribution in [2.75, 3.05) is 47.6 Å². The predicted octanol–water partition coefficient (Wildman–Crippen LogP) is 3.35. The molecule has 0 amide bonds. The molecule has 31 heavy (non-hydrogen) atoms. The van der Waals surface area contributed by atoms with E-state index >= 15 is 0 Å². The minimum Gasteiger partial charge on any atom is -0.497 e. The van der Waals surface area contributed by atoms with Crippen LogP contribution >= 0.6 is 0 Å². The number of carboxylic acids is 1. The average Bonchev–Trinajstić information content (AvgIpc) is 2.73. The largest absolute Gasteiger partial charge is 0.497 e. The number of piperidine rings is 1. The van der Waals surface area contributed by atoms with Crippen LogP contribution in [0.25, 0.3) is 0 Å². The summed E-state index contributed by atoms with van der Waals surface area (Å²) in [4.78, 5) is 11.4. The van der Waals surface area contributed by atoms with Crippen LogP contribution in [0.15, 0.2) is 18.2 Å². The van der Waals surface area contributed by atoms with E-state index < -0.39 is 12.1 Å². The molecule has 2 fully saturated rings. The van der Waals surface area contributed by atoms with Crippen LogP contribution in [0.5, 0.6) is 11.5 Å². The lowest BCUT2D eigenvalue weighted by molar-refractivity contribution is -0.192. The number of carbonyl (C=O) groups is 1. The van der Waals surface area contributed by atoms with Gasteiger partial charge in [-0.15, -0.1) is 0 Å². The van der Waals surface area contributed by atoms with Crippen molar-refractivity contribution in [1.82, 2.24) is 4.90 Å². The van der Waals surface area contributed by atoms with Gasteiger partial charge in [-0.2, -0.15) is 13.2 Å². The number of benzene rings is 1. The third-order valence-electron chi connectivity index (χ3n) is 5.56. The lowest BCUT2D eigenvalue weighted by Gasteiger charge is -2.50. The number of methoxy groups -OCH3 is 3. The molecule has 0 radical (unpaired) electrons. The van der Waals surface area contributed by atoms with Crippen LogP contribution in [0, 0.1) is 5.41 Å². The molecule has 0 aliphatic carbocycles. The normalized spacial score (nSPS) is 23.9. The van der Waals surface area contributed by atoms with E-state index in [0.29, 0.717) is 6.10 Å². The molecule has 1 N–H and O–H groups in total. The molecule has 2 heterocycles. The fourth-order valence-electron chi connectivity index (χ4n) is 4.23. The van der Waals surface area contributed by atoms with Crippen molar-refractivity contribution < 1.29 is 42.0 Å². The Morgan fingerprint density at radius 2 is 1.84 bits per heavy atom. The van der Waals surface area contributed by atoms with E-state index in [0.717, 1.165) is 57.2 Å². The summed E-state index contributed by atoms with van der Waals surface area (Å²) in [7, 11) is 5.18. The van der Waals surface area contributed by atoms with Gasteiger partial charge in [0.15, 0.2) is 0 Å². The smallest absolute Gasteiger partial charge is 0.490 e. The Morgan fingerprint density at radius 3 is 2.35 bits per heavy atom. The van der Waals surface area contributed by atoms with Gasteiger partial charge in [0, 0.05) is 44.8 Å². The molecule has 3 rings (SSSR count). The van der Waals surface area contributed by atoms with Crippen LogP contribution in [0.3, 0.4) is 0 Å². The van der Waals surface area contributed by atoms with Gasteiger partial charge < -0.3 is 24.1 Å². The van der Waals surface area contributed by atoms with Gasteiger partial charge in [-0.25, -0.2) is 4.79 Å². The van der Waals surface area contributed by atoms with Crippen LogP contribution in [-0.2, 0) is 20.8 Å². The van der Waals surface area contributed by atoms with Gasteiger partial charge in [-0.1, -0.05) is 0 Å². The summed E-state index contributed by atoms with van der Waals surface area (Å²) in [5.41, 5.74) is 1.35. The summed E-state index contributed by atoms with van der Waals surface area (Å²) in [5.74, 6) is -1.08. The molecule has 1 aromatic carbocycles. The molecule has 1 aromatic rings. The van der Waals surface area contributed by atoms with Crippen LogP contribution in [0.4, 0.5) is 13.2 Å². The molecule has 2 saturated heterocycles. The number of ether oxygens (including phenoxy) is 4. The van der Waals surface area contributed by atoms with Crippen molar-refractivity contribution >= 4 is 5.97 Å². The summed E-state index contributed by atoms with van der Waals surface area (Å²) in [6, 6.07) is 6.10. The number of rotatable bonds is 6. The molecule has 0 bridgehead atoms. The minimum atomic E-state index is -5.08. The molecule has 2 aliphatic heterocycles. The van der Waals surface area contributed by atoms with E-state index in [1.807, 2.05) is 6.07 Å². The van der Waals surface area contributed by atoms with Crippen molar-refractivity contribution in [3.05, 3.63) is 23.8 Å². The number of hydrogen-bond donors (Lipinski definition) is 1. The lowest BCUT2D eigenvalue weighted by atomic mass is 9.73. The molecule has 10 heteroatoms. The summed E-state index contributed by atoms with van der Waals surface area (Å²) in [6.07, 6.45) is -1.36. The summed E-state index contributed by atoms with van der Waals surface area (Å²) < 4.78 is 54.1. The highest BCUT2D eigenvalue weighted by Gasteiger charge is 2.45. The highest BCUT2D eigenvalue weighted by Crippen LogP contribution is 2.41. The van der Waals surface area contributed by atoms with Crippen LogP contribution < -0.4 is 9.47 Å². The topological polar surface area (TPSA) is 77.5 Å². The van der Waals surface area contributed by atoms with Gasteiger partial charge in [0.1, 0.15) is 11.5 Å². The highest BCUT2D eigenvalue weighted by molar-refractivity contribution is 5.73. The zero-order valence-electron chi connectivity index (χ0n) is 18.0. The second-order valence-electron chi connectivity index (χ2n) is 7.78.